The highest BCUT2D eigenvalue weighted by molar-refractivity contribution is 5.79. The summed E-state index contributed by atoms with van der Waals surface area (Å²) in [5, 5.41) is 9.30. The van der Waals surface area contributed by atoms with E-state index >= 15 is 0 Å². The molecule has 1 amide bonds. The topological polar surface area (TPSA) is 66.6 Å². The predicted molar refractivity (Wildman–Crippen MR) is 75.4 cm³/mol. The first-order valence-electron chi connectivity index (χ1n) is 7.57. The fourth-order valence-corrected chi connectivity index (χ4v) is 3.64. The SMILES string of the molecule is CC1CC(C)C(C(=O)N(C)CC2CC(O)C2)CC1N. The van der Waals surface area contributed by atoms with Crippen molar-refractivity contribution >= 4 is 5.91 Å². The van der Waals surface area contributed by atoms with Gasteiger partial charge in [0.15, 0.2) is 0 Å². The Morgan fingerprint density at radius 1 is 1.21 bits per heavy atom. The van der Waals surface area contributed by atoms with Gasteiger partial charge in [0.1, 0.15) is 0 Å². The lowest BCUT2D eigenvalue weighted by atomic mass is 9.72. The fourth-order valence-electron chi connectivity index (χ4n) is 3.64. The van der Waals surface area contributed by atoms with E-state index in [1.807, 2.05) is 11.9 Å². The molecule has 4 unspecified atom stereocenters. The van der Waals surface area contributed by atoms with Crippen molar-refractivity contribution in [2.75, 3.05) is 13.6 Å². The van der Waals surface area contributed by atoms with Gasteiger partial charge in [-0.3, -0.25) is 4.79 Å². The molecule has 4 atom stereocenters. The van der Waals surface area contributed by atoms with Crippen LogP contribution in [0.4, 0.5) is 0 Å². The molecular weight excluding hydrogens is 240 g/mol. The highest BCUT2D eigenvalue weighted by Crippen LogP contribution is 2.34. The number of hydrogen-bond donors (Lipinski definition) is 2. The van der Waals surface area contributed by atoms with Gasteiger partial charge in [-0.15, -0.1) is 0 Å². The van der Waals surface area contributed by atoms with Crippen LogP contribution in [0.5, 0.6) is 0 Å². The summed E-state index contributed by atoms with van der Waals surface area (Å²) in [7, 11) is 1.89. The second-order valence-electron chi connectivity index (χ2n) is 6.91. The molecule has 4 nitrogen and oxygen atoms in total. The summed E-state index contributed by atoms with van der Waals surface area (Å²) in [4.78, 5) is 14.4. The summed E-state index contributed by atoms with van der Waals surface area (Å²) in [6, 6.07) is 0.157. The highest BCUT2D eigenvalue weighted by Gasteiger charge is 2.37. The highest BCUT2D eigenvalue weighted by atomic mass is 16.3. The van der Waals surface area contributed by atoms with Crippen LogP contribution in [0, 0.1) is 23.7 Å². The summed E-state index contributed by atoms with van der Waals surface area (Å²) in [6.45, 7) is 5.14. The maximum Gasteiger partial charge on any atom is 0.225 e. The minimum atomic E-state index is -0.142. The Labute approximate surface area is 116 Å². The Bertz CT molecular complexity index is 328. The van der Waals surface area contributed by atoms with Crippen LogP contribution >= 0.6 is 0 Å². The zero-order valence-electron chi connectivity index (χ0n) is 12.4. The number of hydrogen-bond acceptors (Lipinski definition) is 3. The van der Waals surface area contributed by atoms with Crippen LogP contribution in [0.3, 0.4) is 0 Å². The van der Waals surface area contributed by atoms with Crippen LogP contribution in [-0.4, -0.2) is 41.7 Å². The van der Waals surface area contributed by atoms with Crippen molar-refractivity contribution in [3.63, 3.8) is 0 Å². The summed E-state index contributed by atoms with van der Waals surface area (Å²) in [6.07, 6.45) is 3.41. The molecule has 4 heteroatoms. The van der Waals surface area contributed by atoms with E-state index in [9.17, 15) is 9.90 Å². The van der Waals surface area contributed by atoms with Gasteiger partial charge in [-0.2, -0.15) is 0 Å². The fraction of sp³-hybridized carbons (Fsp3) is 0.933. The molecule has 2 aliphatic carbocycles. The zero-order chi connectivity index (χ0) is 14.2. The van der Waals surface area contributed by atoms with E-state index in [0.717, 1.165) is 32.2 Å². The van der Waals surface area contributed by atoms with E-state index in [0.29, 0.717) is 17.8 Å². The first kappa shape index (κ1) is 14.8. The number of amides is 1. The lowest BCUT2D eigenvalue weighted by Gasteiger charge is -2.40. The number of nitrogens with two attached hydrogens (primary N) is 1. The van der Waals surface area contributed by atoms with E-state index < -0.39 is 0 Å². The summed E-state index contributed by atoms with van der Waals surface area (Å²) >= 11 is 0. The van der Waals surface area contributed by atoms with Crippen LogP contribution in [0.25, 0.3) is 0 Å². The molecule has 0 spiro atoms. The third-order valence-electron chi connectivity index (χ3n) is 5.12. The molecule has 2 aliphatic rings. The smallest absolute Gasteiger partial charge is 0.225 e. The molecule has 2 fully saturated rings. The largest absolute Gasteiger partial charge is 0.393 e. The third kappa shape index (κ3) is 3.29. The molecule has 0 aromatic rings. The van der Waals surface area contributed by atoms with E-state index in [1.165, 1.54) is 0 Å². The van der Waals surface area contributed by atoms with Crippen molar-refractivity contribution in [2.24, 2.45) is 29.4 Å². The summed E-state index contributed by atoms with van der Waals surface area (Å²) < 4.78 is 0. The van der Waals surface area contributed by atoms with Crippen molar-refractivity contribution in [3.8, 4) is 0 Å². The zero-order valence-corrected chi connectivity index (χ0v) is 12.4. The molecule has 0 saturated heterocycles. The third-order valence-corrected chi connectivity index (χ3v) is 5.12. The molecule has 0 heterocycles. The monoisotopic (exact) mass is 268 g/mol. The quantitative estimate of drug-likeness (QED) is 0.809. The minimum absolute atomic E-state index is 0.0844. The molecule has 19 heavy (non-hydrogen) atoms. The standard InChI is InChI=1S/C15H28N2O2/c1-9-4-10(2)14(16)7-13(9)15(19)17(3)8-11-5-12(18)6-11/h9-14,18H,4-8,16H2,1-3H3. The number of rotatable bonds is 3. The van der Waals surface area contributed by atoms with Crippen LogP contribution in [-0.2, 0) is 4.79 Å². The predicted octanol–water partition coefficient (Wildman–Crippen LogP) is 1.23. The molecule has 0 aliphatic heterocycles. The van der Waals surface area contributed by atoms with Gasteiger partial charge < -0.3 is 15.7 Å². The maximum atomic E-state index is 12.5. The average Bonchev–Trinajstić information content (AvgIpc) is 2.31. The molecular formula is C15H28N2O2. The van der Waals surface area contributed by atoms with Crippen molar-refractivity contribution < 1.29 is 9.90 Å². The van der Waals surface area contributed by atoms with Crippen molar-refractivity contribution in [2.45, 2.75) is 51.7 Å². The number of aliphatic hydroxyl groups is 1. The average molecular weight is 268 g/mol. The van der Waals surface area contributed by atoms with E-state index in [4.69, 9.17) is 5.73 Å². The molecule has 0 aromatic heterocycles. The minimum Gasteiger partial charge on any atom is -0.393 e. The number of carbonyl (C=O) groups excluding carboxylic acids is 1. The van der Waals surface area contributed by atoms with Gasteiger partial charge >= 0.3 is 0 Å². The van der Waals surface area contributed by atoms with Gasteiger partial charge in [-0.25, -0.2) is 0 Å². The number of aliphatic hydroxyl groups excluding tert-OH is 1. The van der Waals surface area contributed by atoms with Crippen LogP contribution in [0.15, 0.2) is 0 Å². The molecule has 2 rings (SSSR count). The van der Waals surface area contributed by atoms with Crippen molar-refractivity contribution in [3.05, 3.63) is 0 Å². The van der Waals surface area contributed by atoms with Crippen molar-refractivity contribution in [1.82, 2.24) is 4.90 Å². The Balaban J connectivity index is 1.87. The molecule has 0 aromatic carbocycles. The lowest BCUT2D eigenvalue weighted by molar-refractivity contribution is -0.139. The van der Waals surface area contributed by atoms with Gasteiger partial charge in [-0.05, 0) is 43.4 Å². The van der Waals surface area contributed by atoms with Crippen LogP contribution in [0.1, 0.15) is 39.5 Å². The first-order chi connectivity index (χ1) is 8.88. The maximum absolute atomic E-state index is 12.5. The van der Waals surface area contributed by atoms with Crippen LogP contribution < -0.4 is 5.73 Å². The van der Waals surface area contributed by atoms with E-state index in [-0.39, 0.29) is 24.0 Å². The van der Waals surface area contributed by atoms with E-state index in [1.54, 1.807) is 0 Å². The van der Waals surface area contributed by atoms with Crippen LogP contribution in [0.2, 0.25) is 0 Å². The Morgan fingerprint density at radius 3 is 2.42 bits per heavy atom. The van der Waals surface area contributed by atoms with E-state index in [2.05, 4.69) is 13.8 Å². The van der Waals surface area contributed by atoms with Gasteiger partial charge in [-0.1, -0.05) is 13.8 Å². The Hall–Kier alpha value is -0.610. The molecule has 110 valence electrons. The van der Waals surface area contributed by atoms with Gasteiger partial charge in [0, 0.05) is 25.6 Å². The summed E-state index contributed by atoms with van der Waals surface area (Å²) in [5.74, 6) is 1.76. The number of nitrogens with zero attached hydrogens (tertiary/aromatic N) is 1. The summed E-state index contributed by atoms with van der Waals surface area (Å²) in [5.41, 5.74) is 6.12. The first-order valence-corrected chi connectivity index (χ1v) is 7.57. The lowest BCUT2D eigenvalue weighted by Crippen LogP contribution is -2.47. The second-order valence-corrected chi connectivity index (χ2v) is 6.91. The molecule has 0 radical (unpaired) electrons. The van der Waals surface area contributed by atoms with Gasteiger partial charge in [0.2, 0.25) is 5.91 Å². The molecule has 3 N–H and O–H groups in total. The normalized spacial score (nSPS) is 42.6. The van der Waals surface area contributed by atoms with Crippen molar-refractivity contribution in [1.29, 1.82) is 0 Å². The number of carbonyl (C=O) groups is 1. The molecule has 0 bridgehead atoms. The second kappa shape index (κ2) is 5.80. The Kier molecular flexibility index (Phi) is 4.51. The van der Waals surface area contributed by atoms with Gasteiger partial charge in [0.25, 0.3) is 0 Å². The van der Waals surface area contributed by atoms with Gasteiger partial charge in [0.05, 0.1) is 6.10 Å². The Morgan fingerprint density at radius 2 is 1.84 bits per heavy atom. The molecule has 2 saturated carbocycles.